The average molecular weight is 165 g/mol. The Morgan fingerprint density at radius 1 is 1.73 bits per heavy atom. The Morgan fingerprint density at radius 3 is 2.73 bits per heavy atom. The molecule has 1 aliphatic heterocycles. The molecule has 0 aromatic rings. The van der Waals surface area contributed by atoms with E-state index in [2.05, 4.69) is 10.1 Å². The zero-order chi connectivity index (χ0) is 8.48. The quantitative estimate of drug-likeness (QED) is 0.556. The van der Waals surface area contributed by atoms with Crippen molar-refractivity contribution < 1.29 is 18.3 Å². The van der Waals surface area contributed by atoms with Gasteiger partial charge in [0.1, 0.15) is 5.92 Å². The molecule has 64 valence electrons. The number of alkyl halides is 2. The molecule has 1 aliphatic rings. The fourth-order valence-corrected chi connectivity index (χ4v) is 1.05. The van der Waals surface area contributed by atoms with Crippen molar-refractivity contribution in [3.05, 3.63) is 0 Å². The molecule has 1 saturated heterocycles. The van der Waals surface area contributed by atoms with Crippen molar-refractivity contribution in [2.75, 3.05) is 20.2 Å². The predicted octanol–water partition coefficient (Wildman–Crippen LogP) is 0.0141. The number of carbonyl (C=O) groups excluding carboxylic acids is 1. The number of ether oxygens (including phenoxy) is 1. The largest absolute Gasteiger partial charge is 0.469 e. The van der Waals surface area contributed by atoms with E-state index in [0.717, 1.165) is 7.11 Å². The van der Waals surface area contributed by atoms with Crippen molar-refractivity contribution in [3.8, 4) is 0 Å². The van der Waals surface area contributed by atoms with Crippen molar-refractivity contribution in [2.45, 2.75) is 5.92 Å². The van der Waals surface area contributed by atoms with E-state index in [0.29, 0.717) is 0 Å². The molecule has 1 atom stereocenters. The molecule has 1 fully saturated rings. The standard InChI is InChI=1S/C6H9F2NO2/c1-11-5(10)4-2-9-3-6(4,7)8/h4,9H,2-3H2,1H3/t4-/m1/s1. The maximum Gasteiger partial charge on any atom is 0.316 e. The normalized spacial score (nSPS) is 28.5. The molecule has 1 N–H and O–H groups in total. The fourth-order valence-electron chi connectivity index (χ4n) is 1.05. The summed E-state index contributed by atoms with van der Waals surface area (Å²) in [5.74, 6) is -5.11. The number of esters is 1. The van der Waals surface area contributed by atoms with Crippen LogP contribution in [0.15, 0.2) is 0 Å². The van der Waals surface area contributed by atoms with E-state index in [1.807, 2.05) is 0 Å². The minimum absolute atomic E-state index is 0.000324. The third-order valence-corrected chi connectivity index (χ3v) is 1.70. The summed E-state index contributed by atoms with van der Waals surface area (Å²) >= 11 is 0. The fraction of sp³-hybridized carbons (Fsp3) is 0.833. The zero-order valence-corrected chi connectivity index (χ0v) is 6.06. The van der Waals surface area contributed by atoms with Crippen LogP contribution in [0.25, 0.3) is 0 Å². The van der Waals surface area contributed by atoms with Crippen LogP contribution in [0.5, 0.6) is 0 Å². The molecule has 3 nitrogen and oxygen atoms in total. The van der Waals surface area contributed by atoms with E-state index in [1.54, 1.807) is 0 Å². The molecule has 0 spiro atoms. The summed E-state index contributed by atoms with van der Waals surface area (Å²) in [6.45, 7) is -0.438. The van der Waals surface area contributed by atoms with Crippen LogP contribution < -0.4 is 5.32 Å². The van der Waals surface area contributed by atoms with Crippen LogP contribution in [0.2, 0.25) is 0 Å². The van der Waals surface area contributed by atoms with Crippen LogP contribution in [0.3, 0.4) is 0 Å². The molecule has 1 rings (SSSR count). The van der Waals surface area contributed by atoms with Crippen LogP contribution in [0, 0.1) is 5.92 Å². The maximum atomic E-state index is 12.7. The number of rotatable bonds is 1. The minimum atomic E-state index is -2.95. The van der Waals surface area contributed by atoms with E-state index < -0.39 is 24.4 Å². The Labute approximate surface area is 62.7 Å². The lowest BCUT2D eigenvalue weighted by molar-refractivity contribution is -0.155. The van der Waals surface area contributed by atoms with Crippen LogP contribution in [-0.2, 0) is 9.53 Å². The first-order valence-electron chi connectivity index (χ1n) is 3.24. The molecule has 5 heteroatoms. The maximum absolute atomic E-state index is 12.7. The first-order valence-corrected chi connectivity index (χ1v) is 3.24. The van der Waals surface area contributed by atoms with Gasteiger partial charge in [-0.2, -0.15) is 0 Å². The van der Waals surface area contributed by atoms with E-state index in [9.17, 15) is 13.6 Å². The van der Waals surface area contributed by atoms with Crippen molar-refractivity contribution in [1.29, 1.82) is 0 Å². The molecule has 0 aliphatic carbocycles. The minimum Gasteiger partial charge on any atom is -0.469 e. The number of hydrogen-bond donors (Lipinski definition) is 1. The number of carbonyl (C=O) groups is 1. The summed E-state index contributed by atoms with van der Waals surface area (Å²) in [6.07, 6.45) is 0. The lowest BCUT2D eigenvalue weighted by Gasteiger charge is -2.14. The van der Waals surface area contributed by atoms with Gasteiger partial charge in [0.25, 0.3) is 5.92 Å². The molecule has 0 unspecified atom stereocenters. The smallest absolute Gasteiger partial charge is 0.316 e. The Balaban J connectivity index is 2.64. The topological polar surface area (TPSA) is 38.3 Å². The third-order valence-electron chi connectivity index (χ3n) is 1.70. The number of nitrogens with one attached hydrogen (secondary N) is 1. The highest BCUT2D eigenvalue weighted by molar-refractivity contribution is 5.74. The number of halogens is 2. The number of methoxy groups -OCH3 is 1. The highest BCUT2D eigenvalue weighted by Gasteiger charge is 2.48. The average Bonchev–Trinajstić information content (AvgIpc) is 2.28. The molecule has 0 radical (unpaired) electrons. The first-order chi connectivity index (χ1) is 5.08. The van der Waals surface area contributed by atoms with Gasteiger partial charge in [0.05, 0.1) is 13.7 Å². The second-order valence-electron chi connectivity index (χ2n) is 2.47. The van der Waals surface area contributed by atoms with Gasteiger partial charge in [-0.3, -0.25) is 4.79 Å². The van der Waals surface area contributed by atoms with Crippen LogP contribution >= 0.6 is 0 Å². The van der Waals surface area contributed by atoms with E-state index in [4.69, 9.17) is 0 Å². The molecule has 0 bridgehead atoms. The van der Waals surface area contributed by atoms with E-state index in [1.165, 1.54) is 0 Å². The van der Waals surface area contributed by atoms with Gasteiger partial charge in [-0.25, -0.2) is 8.78 Å². The van der Waals surface area contributed by atoms with Crippen molar-refractivity contribution in [2.24, 2.45) is 5.92 Å². The van der Waals surface area contributed by atoms with Crippen molar-refractivity contribution in [1.82, 2.24) is 5.32 Å². The molecule has 11 heavy (non-hydrogen) atoms. The van der Waals surface area contributed by atoms with Gasteiger partial charge in [0, 0.05) is 6.54 Å². The van der Waals surface area contributed by atoms with Gasteiger partial charge >= 0.3 is 5.97 Å². The molecular formula is C6H9F2NO2. The molecule has 0 amide bonds. The highest BCUT2D eigenvalue weighted by Crippen LogP contribution is 2.28. The zero-order valence-electron chi connectivity index (χ0n) is 6.06. The van der Waals surface area contributed by atoms with E-state index in [-0.39, 0.29) is 6.54 Å². The summed E-state index contributed by atoms with van der Waals surface area (Å²) in [5, 5.41) is 2.43. The lowest BCUT2D eigenvalue weighted by atomic mass is 10.1. The molecule has 1 heterocycles. The molecule has 0 aromatic heterocycles. The SMILES string of the molecule is COC(=O)[C@H]1CNCC1(F)F. The van der Waals surface area contributed by atoms with Crippen LogP contribution in [0.4, 0.5) is 8.78 Å². The van der Waals surface area contributed by atoms with Gasteiger partial charge in [0.2, 0.25) is 0 Å². The van der Waals surface area contributed by atoms with Crippen LogP contribution in [0.1, 0.15) is 0 Å². The van der Waals surface area contributed by atoms with Gasteiger partial charge < -0.3 is 10.1 Å². The Bertz CT molecular complexity index is 172. The summed E-state index contributed by atoms with van der Waals surface area (Å²) in [6, 6.07) is 0. The number of hydrogen-bond acceptors (Lipinski definition) is 3. The molecule has 0 saturated carbocycles. The molecule has 0 aromatic carbocycles. The second-order valence-corrected chi connectivity index (χ2v) is 2.47. The van der Waals surface area contributed by atoms with Crippen LogP contribution in [-0.4, -0.2) is 32.1 Å². The van der Waals surface area contributed by atoms with Gasteiger partial charge in [-0.05, 0) is 0 Å². The second kappa shape index (κ2) is 2.73. The summed E-state index contributed by atoms with van der Waals surface area (Å²) in [7, 11) is 1.11. The lowest BCUT2D eigenvalue weighted by Crippen LogP contribution is -2.33. The monoisotopic (exact) mass is 165 g/mol. The summed E-state index contributed by atoms with van der Waals surface area (Å²) in [5.41, 5.74) is 0. The summed E-state index contributed by atoms with van der Waals surface area (Å²) < 4.78 is 29.6. The Kier molecular flexibility index (Phi) is 2.08. The highest BCUT2D eigenvalue weighted by atomic mass is 19.3. The van der Waals surface area contributed by atoms with Crippen molar-refractivity contribution in [3.63, 3.8) is 0 Å². The Hall–Kier alpha value is -0.710. The van der Waals surface area contributed by atoms with Crippen molar-refractivity contribution >= 4 is 5.97 Å². The van der Waals surface area contributed by atoms with Gasteiger partial charge in [-0.15, -0.1) is 0 Å². The van der Waals surface area contributed by atoms with Gasteiger partial charge in [-0.1, -0.05) is 0 Å². The summed E-state index contributed by atoms with van der Waals surface area (Å²) in [4.78, 5) is 10.7. The molecular weight excluding hydrogens is 156 g/mol. The predicted molar refractivity (Wildman–Crippen MR) is 33.3 cm³/mol. The first kappa shape index (κ1) is 8.39. The Morgan fingerprint density at radius 2 is 2.36 bits per heavy atom. The van der Waals surface area contributed by atoms with Gasteiger partial charge in [0.15, 0.2) is 0 Å². The third kappa shape index (κ3) is 1.48. The van der Waals surface area contributed by atoms with E-state index >= 15 is 0 Å².